The van der Waals surface area contributed by atoms with E-state index in [0.29, 0.717) is 23.1 Å². The lowest BCUT2D eigenvalue weighted by atomic mass is 10.2. The number of hydrogen-bond acceptors (Lipinski definition) is 6. The minimum absolute atomic E-state index is 0.356. The van der Waals surface area contributed by atoms with Crippen LogP contribution in [0, 0.1) is 0 Å². The van der Waals surface area contributed by atoms with Crippen LogP contribution in [0.4, 0.5) is 10.5 Å². The molecule has 0 saturated heterocycles. The van der Waals surface area contributed by atoms with Crippen LogP contribution in [0.5, 0.6) is 0 Å². The first-order valence-electron chi connectivity index (χ1n) is 5.55. The highest BCUT2D eigenvalue weighted by molar-refractivity contribution is 7.07. The lowest BCUT2D eigenvalue weighted by Crippen LogP contribution is -2.06. The molecular formula is C12H8N4O3S. The van der Waals surface area contributed by atoms with E-state index in [1.807, 2.05) is 5.38 Å². The van der Waals surface area contributed by atoms with Crippen molar-refractivity contribution >= 4 is 23.1 Å². The highest BCUT2D eigenvalue weighted by atomic mass is 32.1. The second-order valence-electron chi connectivity index (χ2n) is 3.80. The number of thiazole rings is 1. The van der Waals surface area contributed by atoms with Crippen LogP contribution >= 0.6 is 11.3 Å². The van der Waals surface area contributed by atoms with Gasteiger partial charge in [0.1, 0.15) is 5.69 Å². The van der Waals surface area contributed by atoms with Gasteiger partial charge in [0, 0.05) is 16.6 Å². The molecule has 20 heavy (non-hydrogen) atoms. The fourth-order valence-corrected chi connectivity index (χ4v) is 2.11. The number of nitrogens with zero attached hydrogens (tertiary/aromatic N) is 3. The first-order chi connectivity index (χ1) is 9.72. The quantitative estimate of drug-likeness (QED) is 0.768. The van der Waals surface area contributed by atoms with Crippen LogP contribution in [0.2, 0.25) is 0 Å². The molecule has 0 aliphatic rings. The molecule has 2 aromatic heterocycles. The molecule has 0 atom stereocenters. The van der Waals surface area contributed by atoms with Crippen molar-refractivity contribution in [2.45, 2.75) is 0 Å². The maximum atomic E-state index is 10.5. The molecule has 0 unspecified atom stereocenters. The Hall–Kier alpha value is -2.74. The third-order valence-electron chi connectivity index (χ3n) is 2.47. The first kappa shape index (κ1) is 12.3. The Labute approximate surface area is 116 Å². The van der Waals surface area contributed by atoms with Gasteiger partial charge in [-0.15, -0.1) is 11.3 Å². The maximum Gasteiger partial charge on any atom is 0.409 e. The molecule has 3 rings (SSSR count). The number of benzene rings is 1. The van der Waals surface area contributed by atoms with Crippen LogP contribution < -0.4 is 5.32 Å². The Bertz CT molecular complexity index is 722. The molecule has 100 valence electrons. The number of anilines is 1. The fraction of sp³-hybridized carbons (Fsp3) is 0. The van der Waals surface area contributed by atoms with E-state index in [2.05, 4.69) is 20.4 Å². The number of carboxylic acid groups (broad SMARTS) is 1. The van der Waals surface area contributed by atoms with Crippen LogP contribution in [0.15, 0.2) is 39.7 Å². The van der Waals surface area contributed by atoms with Gasteiger partial charge in [-0.25, -0.2) is 9.78 Å². The van der Waals surface area contributed by atoms with E-state index in [1.54, 1.807) is 29.8 Å². The van der Waals surface area contributed by atoms with Crippen LogP contribution in [0.3, 0.4) is 0 Å². The van der Waals surface area contributed by atoms with Crippen molar-refractivity contribution in [3.63, 3.8) is 0 Å². The molecule has 1 aromatic carbocycles. The van der Waals surface area contributed by atoms with E-state index in [1.165, 1.54) is 11.3 Å². The molecule has 0 aliphatic heterocycles. The van der Waals surface area contributed by atoms with Crippen LogP contribution in [0.1, 0.15) is 0 Å². The summed E-state index contributed by atoms with van der Waals surface area (Å²) in [5.74, 6) is 0.781. The average molecular weight is 288 g/mol. The molecule has 7 nitrogen and oxygen atoms in total. The lowest BCUT2D eigenvalue weighted by Gasteiger charge is -2.00. The van der Waals surface area contributed by atoms with Crippen molar-refractivity contribution in [3.05, 3.63) is 35.2 Å². The Morgan fingerprint density at radius 1 is 1.30 bits per heavy atom. The van der Waals surface area contributed by atoms with Crippen molar-refractivity contribution < 1.29 is 14.4 Å². The second kappa shape index (κ2) is 5.10. The zero-order chi connectivity index (χ0) is 13.9. The molecule has 1 amide bonds. The van der Waals surface area contributed by atoms with Gasteiger partial charge in [0.25, 0.3) is 5.89 Å². The third kappa shape index (κ3) is 2.50. The van der Waals surface area contributed by atoms with E-state index in [9.17, 15) is 4.79 Å². The molecule has 0 saturated carbocycles. The molecule has 0 fully saturated rings. The summed E-state index contributed by atoms with van der Waals surface area (Å²) in [6.45, 7) is 0. The van der Waals surface area contributed by atoms with Gasteiger partial charge in [0.15, 0.2) is 0 Å². The van der Waals surface area contributed by atoms with Crippen molar-refractivity contribution in [3.8, 4) is 23.0 Å². The summed E-state index contributed by atoms with van der Waals surface area (Å²) in [5, 5.41) is 16.6. The average Bonchev–Trinajstić information content (AvgIpc) is 3.10. The van der Waals surface area contributed by atoms with Gasteiger partial charge in [-0.05, 0) is 24.3 Å². The van der Waals surface area contributed by atoms with E-state index in [-0.39, 0.29) is 0 Å². The summed E-state index contributed by atoms with van der Waals surface area (Å²) < 4.78 is 5.13. The maximum absolute atomic E-state index is 10.5. The molecule has 0 bridgehead atoms. The lowest BCUT2D eigenvalue weighted by molar-refractivity contribution is 0.210. The topological polar surface area (TPSA) is 101 Å². The second-order valence-corrected chi connectivity index (χ2v) is 4.52. The van der Waals surface area contributed by atoms with Crippen molar-refractivity contribution in [2.24, 2.45) is 0 Å². The summed E-state index contributed by atoms with van der Waals surface area (Å²) in [6, 6.07) is 6.67. The van der Waals surface area contributed by atoms with Gasteiger partial charge < -0.3 is 9.63 Å². The molecule has 3 aromatic rings. The number of rotatable bonds is 3. The fourth-order valence-electron chi connectivity index (χ4n) is 1.59. The smallest absolute Gasteiger partial charge is 0.409 e. The zero-order valence-corrected chi connectivity index (χ0v) is 10.8. The summed E-state index contributed by atoms with van der Waals surface area (Å²) in [7, 11) is 0. The molecule has 0 radical (unpaired) electrons. The van der Waals surface area contributed by atoms with Gasteiger partial charge in [-0.3, -0.25) is 5.32 Å². The Kier molecular flexibility index (Phi) is 3.13. The molecule has 0 aliphatic carbocycles. The Balaban J connectivity index is 1.84. The Morgan fingerprint density at radius 3 is 2.75 bits per heavy atom. The summed E-state index contributed by atoms with van der Waals surface area (Å²) in [4.78, 5) is 18.8. The predicted molar refractivity (Wildman–Crippen MR) is 72.5 cm³/mol. The van der Waals surface area contributed by atoms with Crippen LogP contribution in [-0.4, -0.2) is 26.3 Å². The van der Waals surface area contributed by atoms with Crippen LogP contribution in [-0.2, 0) is 0 Å². The van der Waals surface area contributed by atoms with Gasteiger partial charge in [-0.1, -0.05) is 5.16 Å². The number of carbonyl (C=O) groups is 1. The zero-order valence-electron chi connectivity index (χ0n) is 9.98. The molecule has 2 heterocycles. The first-order valence-corrected chi connectivity index (χ1v) is 6.49. The predicted octanol–water partition coefficient (Wildman–Crippen LogP) is 2.95. The minimum atomic E-state index is -1.11. The van der Waals surface area contributed by atoms with E-state index >= 15 is 0 Å². The normalized spacial score (nSPS) is 10.4. The number of aromatic nitrogens is 3. The summed E-state index contributed by atoms with van der Waals surface area (Å²) >= 11 is 1.44. The molecular weight excluding hydrogens is 280 g/mol. The van der Waals surface area contributed by atoms with Crippen molar-refractivity contribution in [2.75, 3.05) is 5.32 Å². The number of nitrogens with one attached hydrogen (secondary N) is 1. The van der Waals surface area contributed by atoms with Crippen molar-refractivity contribution in [1.82, 2.24) is 15.1 Å². The largest absolute Gasteiger partial charge is 0.465 e. The standard InChI is InChI=1S/C12H8N4O3S/c17-12(18)14-8-3-1-7(2-4-8)10-15-11(19-16-10)9-5-20-6-13-9/h1-6,14H,(H,17,18). The van der Waals surface area contributed by atoms with Gasteiger partial charge in [-0.2, -0.15) is 4.98 Å². The van der Waals surface area contributed by atoms with E-state index < -0.39 is 6.09 Å². The van der Waals surface area contributed by atoms with E-state index in [0.717, 1.165) is 5.56 Å². The van der Waals surface area contributed by atoms with Crippen LogP contribution in [0.25, 0.3) is 23.0 Å². The SMILES string of the molecule is O=C(O)Nc1ccc(-c2noc(-c3cscn3)n2)cc1. The van der Waals surface area contributed by atoms with Gasteiger partial charge in [0.2, 0.25) is 5.82 Å². The summed E-state index contributed by atoms with van der Waals surface area (Å²) in [6.07, 6.45) is -1.11. The van der Waals surface area contributed by atoms with Gasteiger partial charge in [0.05, 0.1) is 5.51 Å². The minimum Gasteiger partial charge on any atom is -0.465 e. The van der Waals surface area contributed by atoms with Crippen molar-refractivity contribution in [1.29, 1.82) is 0 Å². The highest BCUT2D eigenvalue weighted by Crippen LogP contribution is 2.23. The van der Waals surface area contributed by atoms with Gasteiger partial charge >= 0.3 is 6.09 Å². The highest BCUT2D eigenvalue weighted by Gasteiger charge is 2.11. The molecule has 0 spiro atoms. The number of hydrogen-bond donors (Lipinski definition) is 2. The molecule has 2 N–H and O–H groups in total. The monoisotopic (exact) mass is 288 g/mol. The summed E-state index contributed by atoms with van der Waals surface area (Å²) in [5.41, 5.74) is 3.53. The Morgan fingerprint density at radius 2 is 2.10 bits per heavy atom. The molecule has 8 heteroatoms. The number of amides is 1. The van der Waals surface area contributed by atoms with E-state index in [4.69, 9.17) is 9.63 Å². The third-order valence-corrected chi connectivity index (χ3v) is 3.06.